The van der Waals surface area contributed by atoms with Crippen molar-refractivity contribution in [3.8, 4) is 0 Å². The van der Waals surface area contributed by atoms with E-state index in [4.69, 9.17) is 4.74 Å². The van der Waals surface area contributed by atoms with Gasteiger partial charge in [0.1, 0.15) is 12.6 Å². The lowest BCUT2D eigenvalue weighted by Gasteiger charge is -2.18. The minimum absolute atomic E-state index is 0.0582. The van der Waals surface area contributed by atoms with Crippen LogP contribution >= 0.6 is 0 Å². The van der Waals surface area contributed by atoms with Crippen molar-refractivity contribution >= 4 is 18.1 Å². The number of carbonyl (C=O) groups is 2. The number of halogens is 3. The zero-order valence-electron chi connectivity index (χ0n) is 13.4. The average Bonchev–Trinajstić information content (AvgIpc) is 3.02. The summed E-state index contributed by atoms with van der Waals surface area (Å²) in [4.78, 5) is 25.3. The topological polar surface area (TPSA) is 46.6 Å². The van der Waals surface area contributed by atoms with Crippen LogP contribution in [0.5, 0.6) is 0 Å². The molecule has 1 aliphatic rings. The third kappa shape index (κ3) is 3.77. The predicted octanol–water partition coefficient (Wildman–Crippen LogP) is 4.44. The number of alkyl halides is 3. The molecular weight excluding hydrogens is 347 g/mol. The lowest BCUT2D eigenvalue weighted by Crippen LogP contribution is -2.32. The highest BCUT2D eigenvalue weighted by molar-refractivity contribution is 6.02. The van der Waals surface area contributed by atoms with Crippen molar-refractivity contribution in [3.05, 3.63) is 77.4 Å². The van der Waals surface area contributed by atoms with Crippen LogP contribution in [-0.4, -0.2) is 23.5 Å². The Morgan fingerprint density at radius 3 is 2.35 bits per heavy atom. The summed E-state index contributed by atoms with van der Waals surface area (Å²) in [6, 6.07) is 12.8. The molecule has 1 unspecified atom stereocenters. The number of amides is 2. The van der Waals surface area contributed by atoms with Crippen molar-refractivity contribution in [1.29, 1.82) is 0 Å². The fraction of sp³-hybridized carbons (Fsp3) is 0.158. The number of cyclic esters (lactones) is 1. The molecule has 1 heterocycles. The summed E-state index contributed by atoms with van der Waals surface area (Å²) in [5, 5.41) is 0. The number of hydrogen-bond acceptors (Lipinski definition) is 3. The van der Waals surface area contributed by atoms with Gasteiger partial charge in [-0.05, 0) is 29.3 Å². The van der Waals surface area contributed by atoms with Crippen LogP contribution in [0, 0.1) is 0 Å². The van der Waals surface area contributed by atoms with Gasteiger partial charge < -0.3 is 4.74 Å². The van der Waals surface area contributed by atoms with Crippen LogP contribution in [0.4, 0.5) is 18.0 Å². The van der Waals surface area contributed by atoms with E-state index in [-0.39, 0.29) is 6.61 Å². The standard InChI is InChI=1S/C19H14F3NO3/c20-19(21,22)15-9-6-13(7-10-15)8-11-17(24)23-16(12-26-18(23)25)14-4-2-1-3-5-14/h1-11,16H,12H2/b11-8+. The predicted molar refractivity (Wildman–Crippen MR) is 87.9 cm³/mol. The van der Waals surface area contributed by atoms with Crippen molar-refractivity contribution in [2.45, 2.75) is 12.2 Å². The first-order chi connectivity index (χ1) is 12.4. The number of hydrogen-bond donors (Lipinski definition) is 0. The molecule has 0 aliphatic carbocycles. The maximum Gasteiger partial charge on any atom is 0.417 e. The highest BCUT2D eigenvalue weighted by Crippen LogP contribution is 2.30. The molecule has 0 bridgehead atoms. The Balaban J connectivity index is 1.75. The van der Waals surface area contributed by atoms with Crippen molar-refractivity contribution in [2.75, 3.05) is 6.61 Å². The summed E-state index contributed by atoms with van der Waals surface area (Å²) >= 11 is 0. The van der Waals surface area contributed by atoms with Gasteiger partial charge in [0.2, 0.25) is 0 Å². The van der Waals surface area contributed by atoms with Gasteiger partial charge in [0.05, 0.1) is 5.56 Å². The van der Waals surface area contributed by atoms with Crippen molar-refractivity contribution in [3.63, 3.8) is 0 Å². The molecule has 0 saturated carbocycles. The van der Waals surface area contributed by atoms with E-state index in [1.807, 2.05) is 6.07 Å². The van der Waals surface area contributed by atoms with Gasteiger partial charge in [-0.25, -0.2) is 9.69 Å². The fourth-order valence-electron chi connectivity index (χ4n) is 2.62. The summed E-state index contributed by atoms with van der Waals surface area (Å²) in [6.07, 6.45) is -2.66. The Morgan fingerprint density at radius 2 is 1.73 bits per heavy atom. The van der Waals surface area contributed by atoms with E-state index in [9.17, 15) is 22.8 Å². The van der Waals surface area contributed by atoms with Crippen LogP contribution in [0.25, 0.3) is 6.08 Å². The molecule has 1 atom stereocenters. The summed E-state index contributed by atoms with van der Waals surface area (Å²) < 4.78 is 42.6. The number of nitrogens with zero attached hydrogens (tertiary/aromatic N) is 1. The summed E-state index contributed by atoms with van der Waals surface area (Å²) in [6.45, 7) is 0.0582. The van der Waals surface area contributed by atoms with Crippen LogP contribution in [0.1, 0.15) is 22.7 Å². The minimum Gasteiger partial charge on any atom is -0.446 e. The van der Waals surface area contributed by atoms with Crippen LogP contribution in [0.15, 0.2) is 60.7 Å². The molecule has 1 saturated heterocycles. The molecule has 134 valence electrons. The molecule has 0 spiro atoms. The SMILES string of the molecule is O=C(/C=C/c1ccc(C(F)(F)F)cc1)N1C(=O)OCC1c1ccccc1. The lowest BCUT2D eigenvalue weighted by molar-refractivity contribution is -0.137. The van der Waals surface area contributed by atoms with Gasteiger partial charge in [0.15, 0.2) is 0 Å². The average molecular weight is 361 g/mol. The molecule has 7 heteroatoms. The van der Waals surface area contributed by atoms with E-state index < -0.39 is 29.8 Å². The number of benzene rings is 2. The van der Waals surface area contributed by atoms with Gasteiger partial charge in [0, 0.05) is 6.08 Å². The molecule has 1 fully saturated rings. The van der Waals surface area contributed by atoms with Crippen LogP contribution in [0.3, 0.4) is 0 Å². The van der Waals surface area contributed by atoms with E-state index in [0.717, 1.165) is 28.7 Å². The molecular formula is C19H14F3NO3. The van der Waals surface area contributed by atoms with Crippen LogP contribution < -0.4 is 0 Å². The quantitative estimate of drug-likeness (QED) is 0.760. The molecule has 0 radical (unpaired) electrons. The largest absolute Gasteiger partial charge is 0.446 e. The first-order valence-electron chi connectivity index (χ1n) is 7.76. The summed E-state index contributed by atoms with van der Waals surface area (Å²) in [5.74, 6) is -0.596. The number of carbonyl (C=O) groups excluding carboxylic acids is 2. The summed E-state index contributed by atoms with van der Waals surface area (Å²) in [5.41, 5.74) is 0.401. The Morgan fingerprint density at radius 1 is 1.08 bits per heavy atom. The Bertz CT molecular complexity index is 829. The van der Waals surface area contributed by atoms with Crippen LogP contribution in [-0.2, 0) is 15.7 Å². The monoisotopic (exact) mass is 361 g/mol. The Kier molecular flexibility index (Phi) is 4.79. The summed E-state index contributed by atoms with van der Waals surface area (Å²) in [7, 11) is 0. The molecule has 26 heavy (non-hydrogen) atoms. The maximum atomic E-state index is 12.6. The minimum atomic E-state index is -4.42. The maximum absolute atomic E-state index is 12.6. The lowest BCUT2D eigenvalue weighted by atomic mass is 10.1. The normalized spacial score (nSPS) is 17.6. The van der Waals surface area contributed by atoms with Gasteiger partial charge in [-0.3, -0.25) is 4.79 Å². The zero-order valence-corrected chi connectivity index (χ0v) is 13.4. The second-order valence-electron chi connectivity index (χ2n) is 5.66. The first kappa shape index (κ1) is 17.7. The van der Waals surface area contributed by atoms with Gasteiger partial charge >= 0.3 is 12.3 Å². The van der Waals surface area contributed by atoms with Crippen molar-refractivity contribution in [2.24, 2.45) is 0 Å². The van der Waals surface area contributed by atoms with Crippen molar-refractivity contribution < 1.29 is 27.5 Å². The third-order valence-corrected chi connectivity index (χ3v) is 3.95. The number of rotatable bonds is 3. The van der Waals surface area contributed by atoms with E-state index in [1.165, 1.54) is 18.2 Å². The van der Waals surface area contributed by atoms with Crippen molar-refractivity contribution in [1.82, 2.24) is 4.90 Å². The highest BCUT2D eigenvalue weighted by Gasteiger charge is 2.37. The zero-order chi connectivity index (χ0) is 18.7. The number of imide groups is 1. The van der Waals surface area contributed by atoms with E-state index >= 15 is 0 Å². The van der Waals surface area contributed by atoms with Gasteiger partial charge in [-0.1, -0.05) is 42.5 Å². The highest BCUT2D eigenvalue weighted by atomic mass is 19.4. The Labute approximate surface area is 147 Å². The second-order valence-corrected chi connectivity index (χ2v) is 5.66. The van der Waals surface area contributed by atoms with E-state index in [1.54, 1.807) is 24.3 Å². The third-order valence-electron chi connectivity index (χ3n) is 3.95. The van der Waals surface area contributed by atoms with Crippen LogP contribution in [0.2, 0.25) is 0 Å². The molecule has 1 aliphatic heterocycles. The second kappa shape index (κ2) is 7.03. The molecule has 2 amide bonds. The van der Waals surface area contributed by atoms with Gasteiger partial charge in [0.25, 0.3) is 5.91 Å². The van der Waals surface area contributed by atoms with E-state index in [0.29, 0.717) is 5.56 Å². The first-order valence-corrected chi connectivity index (χ1v) is 7.76. The fourth-order valence-corrected chi connectivity index (χ4v) is 2.62. The number of ether oxygens (including phenoxy) is 1. The molecule has 2 aromatic carbocycles. The smallest absolute Gasteiger partial charge is 0.417 e. The van der Waals surface area contributed by atoms with E-state index in [2.05, 4.69) is 0 Å². The van der Waals surface area contributed by atoms with Gasteiger partial charge in [-0.2, -0.15) is 13.2 Å². The van der Waals surface area contributed by atoms with Gasteiger partial charge in [-0.15, -0.1) is 0 Å². The molecule has 0 aromatic heterocycles. The molecule has 0 N–H and O–H groups in total. The Hall–Kier alpha value is -3.09. The molecule has 3 rings (SSSR count). The molecule has 2 aromatic rings. The molecule has 4 nitrogen and oxygen atoms in total.